The second-order valence-corrected chi connectivity index (χ2v) is 5.71. The van der Waals surface area contributed by atoms with E-state index in [9.17, 15) is 9.18 Å². The number of benzene rings is 1. The summed E-state index contributed by atoms with van der Waals surface area (Å²) in [5, 5.41) is 2.90. The monoisotopic (exact) mass is 292 g/mol. The Labute approximate surface area is 126 Å². The summed E-state index contributed by atoms with van der Waals surface area (Å²) in [7, 11) is 0. The van der Waals surface area contributed by atoms with E-state index >= 15 is 0 Å². The van der Waals surface area contributed by atoms with Crippen LogP contribution in [-0.2, 0) is 0 Å². The number of hydrogen-bond donors (Lipinski definition) is 1. The van der Waals surface area contributed by atoms with Crippen molar-refractivity contribution in [2.45, 2.75) is 45.1 Å². The minimum Gasteiger partial charge on any atom is -0.352 e. The Morgan fingerprint density at radius 1 is 1.33 bits per heavy atom. The third-order valence-corrected chi connectivity index (χ3v) is 4.23. The van der Waals surface area contributed by atoms with Crippen molar-refractivity contribution in [1.29, 1.82) is 0 Å². The van der Waals surface area contributed by atoms with Gasteiger partial charge in [0.1, 0.15) is 5.82 Å². The van der Waals surface area contributed by atoms with Crippen molar-refractivity contribution < 1.29 is 9.18 Å². The molecule has 1 fully saturated rings. The van der Waals surface area contributed by atoms with Crippen molar-refractivity contribution in [1.82, 2.24) is 10.2 Å². The molecule has 116 valence electrons. The molecule has 1 heterocycles. The van der Waals surface area contributed by atoms with E-state index in [1.165, 1.54) is 56.5 Å². The average Bonchev–Trinajstić information content (AvgIpc) is 2.52. The molecule has 1 amide bonds. The van der Waals surface area contributed by atoms with E-state index in [2.05, 4.69) is 17.1 Å². The fourth-order valence-electron chi connectivity index (χ4n) is 3.00. The molecule has 0 aromatic heterocycles. The number of halogens is 1. The SMILES string of the molecule is CC[C@H]1CCCCN1CCCNC(=O)c1ccc(F)cc1. The molecule has 1 aliphatic rings. The van der Waals surface area contributed by atoms with Gasteiger partial charge in [0.15, 0.2) is 0 Å². The Morgan fingerprint density at radius 3 is 2.81 bits per heavy atom. The van der Waals surface area contributed by atoms with Crippen LogP contribution in [0, 0.1) is 5.82 Å². The van der Waals surface area contributed by atoms with Gasteiger partial charge in [0.2, 0.25) is 0 Å². The highest BCUT2D eigenvalue weighted by molar-refractivity contribution is 5.94. The molecule has 21 heavy (non-hydrogen) atoms. The first kappa shape index (κ1) is 16.0. The summed E-state index contributed by atoms with van der Waals surface area (Å²) in [6.07, 6.45) is 6.11. The van der Waals surface area contributed by atoms with E-state index in [4.69, 9.17) is 0 Å². The van der Waals surface area contributed by atoms with Crippen LogP contribution in [0.25, 0.3) is 0 Å². The summed E-state index contributed by atoms with van der Waals surface area (Å²) in [5.41, 5.74) is 0.515. The number of carbonyl (C=O) groups is 1. The second kappa shape index (κ2) is 8.13. The molecule has 0 spiro atoms. The number of carbonyl (C=O) groups excluding carboxylic acids is 1. The summed E-state index contributed by atoms with van der Waals surface area (Å²) in [4.78, 5) is 14.4. The van der Waals surface area contributed by atoms with Crippen LogP contribution in [0.2, 0.25) is 0 Å². The van der Waals surface area contributed by atoms with Gasteiger partial charge >= 0.3 is 0 Å². The Hall–Kier alpha value is -1.42. The average molecular weight is 292 g/mol. The van der Waals surface area contributed by atoms with Gasteiger partial charge in [-0.3, -0.25) is 4.79 Å². The standard InChI is InChI=1S/C17H25FN2O/c1-2-16-6-3-4-12-20(16)13-5-11-19-17(21)14-7-9-15(18)10-8-14/h7-10,16H,2-6,11-13H2,1H3,(H,19,21)/t16-/m0/s1. The van der Waals surface area contributed by atoms with Crippen LogP contribution in [0.3, 0.4) is 0 Å². The van der Waals surface area contributed by atoms with Crippen LogP contribution in [0.4, 0.5) is 4.39 Å². The van der Waals surface area contributed by atoms with Crippen LogP contribution in [-0.4, -0.2) is 36.5 Å². The molecule has 1 aliphatic heterocycles. The predicted molar refractivity (Wildman–Crippen MR) is 82.9 cm³/mol. The van der Waals surface area contributed by atoms with Gasteiger partial charge in [-0.1, -0.05) is 13.3 Å². The van der Waals surface area contributed by atoms with Crippen LogP contribution in [0.5, 0.6) is 0 Å². The summed E-state index contributed by atoms with van der Waals surface area (Å²) in [5.74, 6) is -0.442. The smallest absolute Gasteiger partial charge is 0.251 e. The van der Waals surface area contributed by atoms with Crippen LogP contribution in [0.1, 0.15) is 49.4 Å². The van der Waals surface area contributed by atoms with Crippen molar-refractivity contribution in [3.05, 3.63) is 35.6 Å². The number of nitrogens with one attached hydrogen (secondary N) is 1. The van der Waals surface area contributed by atoms with E-state index in [-0.39, 0.29) is 11.7 Å². The minimum absolute atomic E-state index is 0.124. The number of nitrogens with zero attached hydrogens (tertiary/aromatic N) is 1. The van der Waals surface area contributed by atoms with Crippen molar-refractivity contribution >= 4 is 5.91 Å². The van der Waals surface area contributed by atoms with Gasteiger partial charge in [-0.2, -0.15) is 0 Å². The molecule has 0 unspecified atom stereocenters. The second-order valence-electron chi connectivity index (χ2n) is 5.71. The Kier molecular flexibility index (Phi) is 6.18. The Bertz CT molecular complexity index is 447. The molecular formula is C17H25FN2O. The topological polar surface area (TPSA) is 32.3 Å². The Morgan fingerprint density at radius 2 is 2.10 bits per heavy atom. The van der Waals surface area contributed by atoms with Crippen molar-refractivity contribution in [3.63, 3.8) is 0 Å². The van der Waals surface area contributed by atoms with Gasteiger partial charge < -0.3 is 10.2 Å². The molecule has 1 saturated heterocycles. The number of rotatable bonds is 6. The van der Waals surface area contributed by atoms with Gasteiger partial charge in [-0.25, -0.2) is 4.39 Å². The van der Waals surface area contributed by atoms with Gasteiger partial charge in [-0.05, 0) is 56.5 Å². The van der Waals surface area contributed by atoms with Crippen LogP contribution >= 0.6 is 0 Å². The summed E-state index contributed by atoms with van der Waals surface area (Å²) < 4.78 is 12.8. The third-order valence-electron chi connectivity index (χ3n) is 4.23. The molecular weight excluding hydrogens is 267 g/mol. The van der Waals surface area contributed by atoms with Gasteiger partial charge in [0, 0.05) is 24.7 Å². The molecule has 1 N–H and O–H groups in total. The summed E-state index contributed by atoms with van der Waals surface area (Å²) in [6, 6.07) is 6.37. The molecule has 2 rings (SSSR count). The number of likely N-dealkylation sites (tertiary alicyclic amines) is 1. The molecule has 0 aliphatic carbocycles. The Balaban J connectivity index is 1.69. The lowest BCUT2D eigenvalue weighted by molar-refractivity contribution is 0.0947. The number of hydrogen-bond acceptors (Lipinski definition) is 2. The first-order valence-corrected chi connectivity index (χ1v) is 7.98. The first-order valence-electron chi connectivity index (χ1n) is 7.98. The van der Waals surface area contributed by atoms with Gasteiger partial charge in [0.05, 0.1) is 0 Å². The van der Waals surface area contributed by atoms with Crippen molar-refractivity contribution in [3.8, 4) is 0 Å². The highest BCUT2D eigenvalue weighted by Gasteiger charge is 2.19. The quantitative estimate of drug-likeness (QED) is 0.817. The molecule has 1 aromatic carbocycles. The summed E-state index contributed by atoms with van der Waals surface area (Å²) in [6.45, 7) is 5.15. The lowest BCUT2D eigenvalue weighted by Gasteiger charge is -2.35. The van der Waals surface area contributed by atoms with Crippen molar-refractivity contribution in [2.75, 3.05) is 19.6 Å². The fourth-order valence-corrected chi connectivity index (χ4v) is 3.00. The van der Waals surface area contributed by atoms with E-state index in [1.807, 2.05) is 0 Å². The number of amides is 1. The highest BCUT2D eigenvalue weighted by atomic mass is 19.1. The van der Waals surface area contributed by atoms with Crippen LogP contribution < -0.4 is 5.32 Å². The van der Waals surface area contributed by atoms with Crippen LogP contribution in [0.15, 0.2) is 24.3 Å². The maximum Gasteiger partial charge on any atom is 0.251 e. The zero-order chi connectivity index (χ0) is 15.1. The van der Waals surface area contributed by atoms with Gasteiger partial charge in [-0.15, -0.1) is 0 Å². The van der Waals surface area contributed by atoms with E-state index in [0.717, 1.165) is 13.0 Å². The molecule has 3 nitrogen and oxygen atoms in total. The maximum atomic E-state index is 12.8. The van der Waals surface area contributed by atoms with E-state index in [1.54, 1.807) is 0 Å². The van der Waals surface area contributed by atoms with E-state index in [0.29, 0.717) is 18.2 Å². The predicted octanol–water partition coefficient (Wildman–Crippen LogP) is 3.21. The van der Waals surface area contributed by atoms with Crippen molar-refractivity contribution in [2.24, 2.45) is 0 Å². The zero-order valence-electron chi connectivity index (χ0n) is 12.8. The molecule has 0 saturated carbocycles. The highest BCUT2D eigenvalue weighted by Crippen LogP contribution is 2.19. The minimum atomic E-state index is -0.317. The largest absolute Gasteiger partial charge is 0.352 e. The third kappa shape index (κ3) is 4.81. The lowest BCUT2D eigenvalue weighted by atomic mass is 10.00. The molecule has 4 heteroatoms. The molecule has 1 aromatic rings. The number of piperidine rings is 1. The summed E-state index contributed by atoms with van der Waals surface area (Å²) >= 11 is 0. The van der Waals surface area contributed by atoms with E-state index < -0.39 is 0 Å². The lowest BCUT2D eigenvalue weighted by Crippen LogP contribution is -2.40. The normalized spacial score (nSPS) is 19.4. The zero-order valence-corrected chi connectivity index (χ0v) is 12.8. The molecule has 0 bridgehead atoms. The first-order chi connectivity index (χ1) is 10.2. The fraction of sp³-hybridized carbons (Fsp3) is 0.588. The maximum absolute atomic E-state index is 12.8. The van der Waals surface area contributed by atoms with Gasteiger partial charge in [0.25, 0.3) is 5.91 Å². The molecule has 1 atom stereocenters. The molecule has 0 radical (unpaired) electrons.